The van der Waals surface area contributed by atoms with Crippen LogP contribution in [0, 0.1) is 0 Å². The molecule has 0 aliphatic heterocycles. The van der Waals surface area contributed by atoms with E-state index in [4.69, 9.17) is 9.47 Å². The van der Waals surface area contributed by atoms with Gasteiger partial charge in [0, 0.05) is 12.8 Å². The highest BCUT2D eigenvalue weighted by Gasteiger charge is 2.28. The lowest BCUT2D eigenvalue weighted by atomic mass is 10.0. The van der Waals surface area contributed by atoms with Crippen molar-refractivity contribution < 1.29 is 71.4 Å². The summed E-state index contributed by atoms with van der Waals surface area (Å²) in [5, 5.41) is 30.0. The van der Waals surface area contributed by atoms with E-state index in [-0.39, 0.29) is 12.8 Å². The minimum atomic E-state index is -4.79. The maximum atomic E-state index is 12.1. The van der Waals surface area contributed by atoms with E-state index in [1.165, 1.54) is 83.5 Å². The molecule has 0 bridgehead atoms. The number of esters is 2. The standard InChI is InChI=1S/C45H84O15P2/c1-3-5-7-9-11-13-15-17-18-19-20-22-24-26-28-30-32-34-45(50)56-36-42(47)38-58-62(53,54)60-40-43(48)39-59-61(51,52)57-37-41(46)35-55-44(49)33-31-29-27-25-23-21-16-14-12-10-8-6-4-2/h6,8,10,12,14,16,41-43,46-48H,3-5,7,9,11,13,15,17-40H2,1-2H3,(H,51,52)(H,53,54)/b8-6+,12-10+,16-14-. The predicted molar refractivity (Wildman–Crippen MR) is 242 cm³/mol. The van der Waals surface area contributed by atoms with Gasteiger partial charge >= 0.3 is 27.6 Å². The Bertz CT molecular complexity index is 1260. The highest BCUT2D eigenvalue weighted by atomic mass is 31.2. The van der Waals surface area contributed by atoms with Gasteiger partial charge in [-0.15, -0.1) is 0 Å². The lowest BCUT2D eigenvalue weighted by Crippen LogP contribution is -2.25. The van der Waals surface area contributed by atoms with Gasteiger partial charge in [0.25, 0.3) is 0 Å². The summed E-state index contributed by atoms with van der Waals surface area (Å²) in [4.78, 5) is 43.7. The van der Waals surface area contributed by atoms with Gasteiger partial charge in [-0.1, -0.05) is 172 Å². The van der Waals surface area contributed by atoms with Crippen molar-refractivity contribution in [3.63, 3.8) is 0 Å². The topological polar surface area (TPSA) is 225 Å². The number of ether oxygens (including phenoxy) is 2. The highest BCUT2D eigenvalue weighted by Crippen LogP contribution is 2.45. The normalized spacial score (nSPS) is 15.5. The Kier molecular flexibility index (Phi) is 40.8. The van der Waals surface area contributed by atoms with Gasteiger partial charge in [0.1, 0.15) is 31.5 Å². The Balaban J connectivity index is 3.89. The van der Waals surface area contributed by atoms with Crippen molar-refractivity contribution in [1.82, 2.24) is 0 Å². The molecule has 17 heteroatoms. The third-order valence-electron chi connectivity index (χ3n) is 9.67. The number of carbonyl (C=O) groups excluding carboxylic acids is 2. The van der Waals surface area contributed by atoms with Crippen molar-refractivity contribution in [1.29, 1.82) is 0 Å². The Hall–Kier alpha value is -1.74. The van der Waals surface area contributed by atoms with Gasteiger partial charge < -0.3 is 34.6 Å². The van der Waals surface area contributed by atoms with Gasteiger partial charge in [-0.25, -0.2) is 9.13 Å². The number of phosphoric acid groups is 2. The first kappa shape index (κ1) is 60.3. The Morgan fingerprint density at radius 2 is 0.742 bits per heavy atom. The average Bonchev–Trinajstić information content (AvgIpc) is 3.24. The Labute approximate surface area is 373 Å². The van der Waals surface area contributed by atoms with Crippen molar-refractivity contribution in [2.45, 2.75) is 199 Å². The molecule has 15 nitrogen and oxygen atoms in total. The van der Waals surface area contributed by atoms with Crippen LogP contribution in [0.15, 0.2) is 36.5 Å². The monoisotopic (exact) mass is 927 g/mol. The molecular weight excluding hydrogens is 842 g/mol. The van der Waals surface area contributed by atoms with Gasteiger partial charge in [0.2, 0.25) is 0 Å². The molecular formula is C45H84O15P2. The summed E-state index contributed by atoms with van der Waals surface area (Å²) in [5.41, 5.74) is 0. The maximum Gasteiger partial charge on any atom is 0.472 e. The fourth-order valence-corrected chi connectivity index (χ4v) is 7.63. The summed E-state index contributed by atoms with van der Waals surface area (Å²) in [7, 11) is -9.57. The summed E-state index contributed by atoms with van der Waals surface area (Å²) in [5.74, 6) is -1.01. The van der Waals surface area contributed by atoms with Gasteiger partial charge in [0.05, 0.1) is 26.4 Å². The zero-order valence-corrected chi connectivity index (χ0v) is 39.8. The van der Waals surface area contributed by atoms with E-state index in [9.17, 15) is 43.8 Å². The molecule has 5 unspecified atom stereocenters. The molecule has 0 amide bonds. The number of hydrogen-bond donors (Lipinski definition) is 5. The number of rotatable bonds is 45. The quantitative estimate of drug-likeness (QED) is 0.0166. The summed E-state index contributed by atoms with van der Waals surface area (Å²) >= 11 is 0. The van der Waals surface area contributed by atoms with E-state index in [0.717, 1.165) is 57.8 Å². The van der Waals surface area contributed by atoms with Gasteiger partial charge in [0.15, 0.2) is 0 Å². The zero-order chi connectivity index (χ0) is 46.0. The second-order valence-electron chi connectivity index (χ2n) is 15.8. The van der Waals surface area contributed by atoms with Crippen LogP contribution in [0.1, 0.15) is 181 Å². The van der Waals surface area contributed by atoms with Crippen molar-refractivity contribution in [3.8, 4) is 0 Å². The first-order chi connectivity index (χ1) is 29.8. The van der Waals surface area contributed by atoms with Crippen LogP contribution in [0.25, 0.3) is 0 Å². The smallest absolute Gasteiger partial charge is 0.463 e. The lowest BCUT2D eigenvalue weighted by Gasteiger charge is -2.19. The van der Waals surface area contributed by atoms with E-state index in [2.05, 4.69) is 44.1 Å². The van der Waals surface area contributed by atoms with Crippen LogP contribution in [0.3, 0.4) is 0 Å². The number of aliphatic hydroxyl groups is 3. The lowest BCUT2D eigenvalue weighted by molar-refractivity contribution is -0.148. The molecule has 0 aromatic carbocycles. The van der Waals surface area contributed by atoms with E-state index in [1.807, 2.05) is 24.3 Å². The molecule has 0 aliphatic rings. The van der Waals surface area contributed by atoms with Crippen LogP contribution in [-0.2, 0) is 46.3 Å². The van der Waals surface area contributed by atoms with Crippen molar-refractivity contribution in [2.75, 3.05) is 39.6 Å². The molecule has 0 saturated carbocycles. The van der Waals surface area contributed by atoms with Gasteiger partial charge in [-0.2, -0.15) is 0 Å². The maximum absolute atomic E-state index is 12.1. The van der Waals surface area contributed by atoms with Crippen LogP contribution in [-0.4, -0.2) is 95.0 Å². The number of aliphatic hydroxyl groups excluding tert-OH is 3. The molecule has 0 aromatic rings. The summed E-state index contributed by atoms with van der Waals surface area (Å²) in [6, 6.07) is 0. The van der Waals surface area contributed by atoms with E-state index in [0.29, 0.717) is 12.8 Å². The van der Waals surface area contributed by atoms with Crippen LogP contribution < -0.4 is 0 Å². The molecule has 0 rings (SSSR count). The van der Waals surface area contributed by atoms with E-state index < -0.39 is 85.5 Å². The first-order valence-electron chi connectivity index (χ1n) is 23.4. The SMILES string of the molecule is CC/C=C/C=C/C=C\CCCCCCCC(=O)OCC(O)COP(=O)(O)OCC(O)COP(=O)(O)OCC(O)COC(=O)CCCCCCCCCCCCCCCCCCC. The van der Waals surface area contributed by atoms with Crippen LogP contribution in [0.5, 0.6) is 0 Å². The molecule has 0 aliphatic carbocycles. The van der Waals surface area contributed by atoms with Gasteiger partial charge in [-0.3, -0.25) is 27.7 Å². The molecule has 364 valence electrons. The molecule has 0 fully saturated rings. The molecule has 5 N–H and O–H groups in total. The molecule has 5 atom stereocenters. The molecule has 0 spiro atoms. The molecule has 0 heterocycles. The Morgan fingerprint density at radius 1 is 0.435 bits per heavy atom. The molecule has 0 saturated heterocycles. The van der Waals surface area contributed by atoms with Crippen molar-refractivity contribution in [2.24, 2.45) is 0 Å². The molecule has 0 aromatic heterocycles. The summed E-state index contributed by atoms with van der Waals surface area (Å²) < 4.78 is 52.9. The third-order valence-corrected chi connectivity index (χ3v) is 11.6. The van der Waals surface area contributed by atoms with E-state index >= 15 is 0 Å². The largest absolute Gasteiger partial charge is 0.472 e. The van der Waals surface area contributed by atoms with Gasteiger partial charge in [-0.05, 0) is 32.1 Å². The van der Waals surface area contributed by atoms with E-state index in [1.54, 1.807) is 0 Å². The zero-order valence-electron chi connectivity index (χ0n) is 38.0. The second-order valence-corrected chi connectivity index (χ2v) is 18.7. The van der Waals surface area contributed by atoms with Crippen LogP contribution in [0.4, 0.5) is 0 Å². The minimum absolute atomic E-state index is 0.173. The summed E-state index contributed by atoms with van der Waals surface area (Å²) in [6.45, 7) is 0.272. The first-order valence-corrected chi connectivity index (χ1v) is 26.4. The third kappa shape index (κ3) is 43.5. The second kappa shape index (κ2) is 41.9. The fraction of sp³-hybridized carbons (Fsp3) is 0.822. The predicted octanol–water partition coefficient (Wildman–Crippen LogP) is 10.3. The average molecular weight is 927 g/mol. The van der Waals surface area contributed by atoms with Crippen molar-refractivity contribution in [3.05, 3.63) is 36.5 Å². The van der Waals surface area contributed by atoms with Crippen LogP contribution >= 0.6 is 15.6 Å². The summed E-state index contributed by atoms with van der Waals surface area (Å²) in [6.07, 6.45) is 35.7. The molecule has 62 heavy (non-hydrogen) atoms. The fourth-order valence-electron chi connectivity index (χ4n) is 6.04. The number of phosphoric ester groups is 2. The van der Waals surface area contributed by atoms with Crippen molar-refractivity contribution >= 4 is 27.6 Å². The number of carbonyl (C=O) groups is 2. The molecule has 0 radical (unpaired) electrons. The number of unbranched alkanes of at least 4 members (excludes halogenated alkanes) is 21. The highest BCUT2D eigenvalue weighted by molar-refractivity contribution is 7.47. The Morgan fingerprint density at radius 3 is 1.10 bits per heavy atom. The van der Waals surface area contributed by atoms with Crippen LogP contribution in [0.2, 0.25) is 0 Å². The number of allylic oxidation sites excluding steroid dienone is 6. The number of hydrogen-bond acceptors (Lipinski definition) is 13. The minimum Gasteiger partial charge on any atom is -0.463 e.